The Morgan fingerprint density at radius 2 is 1.20 bits per heavy atom. The molecule has 4 aromatic rings. The molecule has 0 unspecified atom stereocenters. The highest BCUT2D eigenvalue weighted by Crippen LogP contribution is 2.42. The fourth-order valence-corrected chi connectivity index (χ4v) is 9.66. The summed E-state index contributed by atoms with van der Waals surface area (Å²) >= 11 is 2.62. The standard InChI is InChI=1S/C22H30N4O4S.C17H23N3O2S/c23-19-18-16(30-13-14-3-1-2-4-14)11-15(12-17(18)31-20(19)21(24)27)5-6-25-22(28)26-7-9-29-10-8-26;18-6-5-11-7-12(22-9-10-3-1-2-4-10)14-13(8-11)23-16(15(14)19)17(20)21/h11-12,14H,1-10,13,23H2,(H2,24,27)(H,25,28);7-8,10H,1-6,9,18-19H2,(H2,20,21). The molecular weight excluding hydrogens is 727 g/mol. The predicted octanol–water partition coefficient (Wildman–Crippen LogP) is 5.39. The van der Waals surface area contributed by atoms with Crippen LogP contribution in [0.4, 0.5) is 16.2 Å². The molecule has 13 nitrogen and oxygen atoms in total. The number of nitrogens with two attached hydrogens (primary N) is 5. The number of urea groups is 1. The van der Waals surface area contributed by atoms with E-state index < -0.39 is 11.8 Å². The molecule has 0 radical (unpaired) electrons. The minimum absolute atomic E-state index is 0.0709. The number of primary amides is 2. The van der Waals surface area contributed by atoms with Crippen LogP contribution in [0.5, 0.6) is 11.5 Å². The molecule has 15 heteroatoms. The molecule has 0 spiro atoms. The van der Waals surface area contributed by atoms with Crippen LogP contribution in [0.2, 0.25) is 0 Å². The van der Waals surface area contributed by atoms with E-state index in [1.807, 2.05) is 24.3 Å². The number of hydrogen-bond acceptors (Lipinski definition) is 11. The van der Waals surface area contributed by atoms with Gasteiger partial charge in [0.1, 0.15) is 21.3 Å². The molecule has 0 bridgehead atoms. The number of fused-ring (bicyclic) bond motifs is 2. The van der Waals surface area contributed by atoms with E-state index in [-0.39, 0.29) is 6.03 Å². The van der Waals surface area contributed by atoms with E-state index in [0.29, 0.717) is 97.7 Å². The number of ether oxygens (including phenoxy) is 3. The van der Waals surface area contributed by atoms with Gasteiger partial charge in [0.15, 0.2) is 0 Å². The number of thiophene rings is 2. The van der Waals surface area contributed by atoms with Gasteiger partial charge in [-0.25, -0.2) is 4.79 Å². The number of carbonyl (C=O) groups excluding carboxylic acids is 3. The van der Waals surface area contributed by atoms with E-state index in [4.69, 9.17) is 42.9 Å². The van der Waals surface area contributed by atoms with Crippen molar-refractivity contribution in [3.63, 3.8) is 0 Å². The minimum atomic E-state index is -0.528. The van der Waals surface area contributed by atoms with Gasteiger partial charge in [-0.1, -0.05) is 25.7 Å². The number of nitrogens with zero attached hydrogens (tertiary/aromatic N) is 1. The van der Waals surface area contributed by atoms with Gasteiger partial charge in [0.05, 0.1) is 48.6 Å². The molecule has 7 rings (SSSR count). The van der Waals surface area contributed by atoms with E-state index in [9.17, 15) is 14.4 Å². The van der Waals surface area contributed by atoms with Crippen LogP contribution in [0.25, 0.3) is 20.2 Å². The van der Waals surface area contributed by atoms with Crippen molar-refractivity contribution in [1.82, 2.24) is 10.2 Å². The van der Waals surface area contributed by atoms with Crippen molar-refractivity contribution in [2.75, 3.05) is 64.1 Å². The third-order valence-corrected chi connectivity index (χ3v) is 12.8. The molecule has 2 saturated carbocycles. The van der Waals surface area contributed by atoms with E-state index in [0.717, 1.165) is 43.5 Å². The summed E-state index contributed by atoms with van der Waals surface area (Å²) in [4.78, 5) is 38.2. The summed E-state index contributed by atoms with van der Waals surface area (Å²) in [5, 5.41) is 4.55. The first-order valence-corrected chi connectivity index (χ1v) is 20.6. The Morgan fingerprint density at radius 3 is 1.65 bits per heavy atom. The molecule has 3 fully saturated rings. The molecule has 0 atom stereocenters. The van der Waals surface area contributed by atoms with Crippen LogP contribution in [0.15, 0.2) is 24.3 Å². The Kier molecular flexibility index (Phi) is 13.4. The van der Waals surface area contributed by atoms with Gasteiger partial charge in [-0.15, -0.1) is 22.7 Å². The first-order valence-electron chi connectivity index (χ1n) is 19.0. The molecule has 4 amide bonds. The third kappa shape index (κ3) is 9.49. The Balaban J connectivity index is 0.000000193. The van der Waals surface area contributed by atoms with Gasteiger partial charge >= 0.3 is 6.03 Å². The number of rotatable bonds is 13. The topological polar surface area (TPSA) is 224 Å². The monoisotopic (exact) mass is 779 g/mol. The maximum atomic E-state index is 12.3. The summed E-state index contributed by atoms with van der Waals surface area (Å²) in [6.07, 6.45) is 11.3. The molecule has 2 aromatic carbocycles. The summed E-state index contributed by atoms with van der Waals surface area (Å²) < 4.78 is 19.4. The first-order chi connectivity index (χ1) is 26.1. The maximum Gasteiger partial charge on any atom is 0.317 e. The van der Waals surface area contributed by atoms with Gasteiger partial charge in [-0.3, -0.25) is 9.59 Å². The lowest BCUT2D eigenvalue weighted by molar-refractivity contribution is 0.0533. The highest BCUT2D eigenvalue weighted by Gasteiger charge is 2.23. The zero-order chi connectivity index (χ0) is 38.2. The van der Waals surface area contributed by atoms with Crippen LogP contribution < -0.4 is 43.5 Å². The summed E-state index contributed by atoms with van der Waals surface area (Å²) in [5.41, 5.74) is 32.0. The molecule has 3 aliphatic rings. The normalized spacial score (nSPS) is 16.4. The van der Waals surface area contributed by atoms with Crippen molar-refractivity contribution in [3.8, 4) is 11.5 Å². The molecule has 2 aromatic heterocycles. The van der Waals surface area contributed by atoms with Gasteiger partial charge in [0.2, 0.25) is 0 Å². The summed E-state index contributed by atoms with van der Waals surface area (Å²) in [5.74, 6) is 1.59. The predicted molar refractivity (Wildman–Crippen MR) is 217 cm³/mol. The third-order valence-electron chi connectivity index (χ3n) is 10.5. The van der Waals surface area contributed by atoms with Crippen LogP contribution in [-0.2, 0) is 17.6 Å². The van der Waals surface area contributed by atoms with Gasteiger partial charge in [-0.2, -0.15) is 0 Å². The second-order valence-electron chi connectivity index (χ2n) is 14.4. The van der Waals surface area contributed by atoms with Crippen molar-refractivity contribution in [3.05, 3.63) is 45.1 Å². The zero-order valence-electron chi connectivity index (χ0n) is 30.8. The number of nitrogen functional groups attached to an aromatic ring is 2. The Bertz CT molecular complexity index is 1940. The lowest BCUT2D eigenvalue weighted by Gasteiger charge is -2.26. The fourth-order valence-electron chi connectivity index (χ4n) is 7.55. The largest absolute Gasteiger partial charge is 0.493 e. The highest BCUT2D eigenvalue weighted by atomic mass is 32.1. The number of nitrogens with one attached hydrogen (secondary N) is 1. The number of benzene rings is 2. The van der Waals surface area contributed by atoms with Gasteiger partial charge < -0.3 is 53.1 Å². The average Bonchev–Trinajstić information content (AvgIpc) is 3.99. The van der Waals surface area contributed by atoms with Crippen molar-refractivity contribution < 1.29 is 28.6 Å². The number of amides is 4. The molecule has 292 valence electrons. The summed E-state index contributed by atoms with van der Waals surface area (Å²) in [6.45, 7) is 4.80. The molecule has 1 saturated heterocycles. The SMILES string of the molecule is NC(=O)c1sc2cc(CCNC(=O)N3CCOCC3)cc(OCC3CCCC3)c2c1N.NCCc1cc(OCC2CCCC2)c2c(N)c(C(N)=O)sc2c1. The molecular formula is C39H53N7O6S2. The van der Waals surface area contributed by atoms with Crippen molar-refractivity contribution in [2.24, 2.45) is 29.0 Å². The van der Waals surface area contributed by atoms with E-state index in [1.54, 1.807) is 4.90 Å². The summed E-state index contributed by atoms with van der Waals surface area (Å²) in [6, 6.07) is 7.94. The minimum Gasteiger partial charge on any atom is -0.493 e. The van der Waals surface area contributed by atoms with Crippen LogP contribution >= 0.6 is 22.7 Å². The van der Waals surface area contributed by atoms with Gasteiger partial charge in [0, 0.05) is 29.0 Å². The second-order valence-corrected chi connectivity index (χ2v) is 16.5. The fraction of sp³-hybridized carbons (Fsp3) is 0.513. The van der Waals surface area contributed by atoms with Crippen molar-refractivity contribution in [2.45, 2.75) is 64.2 Å². The van der Waals surface area contributed by atoms with Crippen LogP contribution in [-0.4, -0.2) is 75.4 Å². The second kappa shape index (κ2) is 18.3. The van der Waals surface area contributed by atoms with Crippen LogP contribution in [0, 0.1) is 11.8 Å². The first kappa shape index (κ1) is 39.4. The Morgan fingerprint density at radius 1 is 0.741 bits per heavy atom. The lowest BCUT2D eigenvalue weighted by Crippen LogP contribution is -2.46. The number of anilines is 2. The number of morpholine rings is 1. The summed E-state index contributed by atoms with van der Waals surface area (Å²) in [7, 11) is 0. The number of hydrogen-bond donors (Lipinski definition) is 6. The maximum absolute atomic E-state index is 12.3. The zero-order valence-corrected chi connectivity index (χ0v) is 32.4. The van der Waals surface area contributed by atoms with E-state index in [1.165, 1.54) is 74.0 Å². The smallest absolute Gasteiger partial charge is 0.317 e. The molecule has 2 aliphatic carbocycles. The van der Waals surface area contributed by atoms with Crippen LogP contribution in [0.3, 0.4) is 0 Å². The lowest BCUT2D eigenvalue weighted by atomic mass is 10.1. The molecule has 1 aliphatic heterocycles. The molecule has 11 N–H and O–H groups in total. The number of carbonyl (C=O) groups is 3. The van der Waals surface area contributed by atoms with Crippen molar-refractivity contribution >= 4 is 72.1 Å². The highest BCUT2D eigenvalue weighted by molar-refractivity contribution is 7.22. The van der Waals surface area contributed by atoms with Gasteiger partial charge in [-0.05, 0) is 92.3 Å². The van der Waals surface area contributed by atoms with Crippen molar-refractivity contribution in [1.29, 1.82) is 0 Å². The quantitative estimate of drug-likeness (QED) is 0.102. The molecule has 3 heterocycles. The van der Waals surface area contributed by atoms with E-state index in [2.05, 4.69) is 5.32 Å². The Hall–Kier alpha value is -4.31. The van der Waals surface area contributed by atoms with Gasteiger partial charge in [0.25, 0.3) is 11.8 Å². The average molecular weight is 780 g/mol. The molecule has 54 heavy (non-hydrogen) atoms. The van der Waals surface area contributed by atoms with E-state index >= 15 is 0 Å². The Labute approximate surface area is 323 Å². The van der Waals surface area contributed by atoms with Crippen LogP contribution in [0.1, 0.15) is 81.8 Å².